The molecule has 0 saturated carbocycles. The Labute approximate surface area is 112 Å². The first-order chi connectivity index (χ1) is 8.92. The van der Waals surface area contributed by atoms with Crippen LogP contribution in [0.2, 0.25) is 0 Å². The molecule has 6 heteroatoms. The van der Waals surface area contributed by atoms with Crippen molar-refractivity contribution in [3.63, 3.8) is 0 Å². The largest absolute Gasteiger partial charge is 0.413 e. The second-order valence-electron chi connectivity index (χ2n) is 3.82. The van der Waals surface area contributed by atoms with E-state index in [4.69, 9.17) is 12.3 Å². The quantitative estimate of drug-likeness (QED) is 0.747. The highest BCUT2D eigenvalue weighted by Crippen LogP contribution is 2.11. The maximum Gasteiger partial charge on any atom is 0.413 e. The lowest BCUT2D eigenvalue weighted by Gasteiger charge is -2.33. The zero-order chi connectivity index (χ0) is 12.3. The molecule has 0 spiro atoms. The van der Waals surface area contributed by atoms with E-state index in [1.165, 1.54) is 0 Å². The van der Waals surface area contributed by atoms with Crippen molar-refractivity contribution in [1.29, 1.82) is 0 Å². The lowest BCUT2D eigenvalue weighted by molar-refractivity contribution is 0.319. The summed E-state index contributed by atoms with van der Waals surface area (Å²) in [6.45, 7) is 0. The average molecular weight is 286 g/mol. The minimum atomic E-state index is -2.54. The number of hydrogen-bond acceptors (Lipinski definition) is 3. The van der Waals surface area contributed by atoms with E-state index >= 15 is 0 Å². The van der Waals surface area contributed by atoms with Crippen LogP contribution in [-0.2, 0) is 12.3 Å². The van der Waals surface area contributed by atoms with Gasteiger partial charge in [-0.3, -0.25) is 0 Å². The molecule has 1 aliphatic rings. The molecular weight excluding hydrogens is 276 g/mol. The molecule has 1 aliphatic heterocycles. The zero-order valence-electron chi connectivity index (χ0n) is 9.50. The summed E-state index contributed by atoms with van der Waals surface area (Å²) in [6.07, 6.45) is 0. The van der Waals surface area contributed by atoms with Crippen molar-refractivity contribution in [3.8, 4) is 0 Å². The van der Waals surface area contributed by atoms with Gasteiger partial charge in [-0.05, 0) is 10.4 Å². The van der Waals surface area contributed by atoms with Gasteiger partial charge in [0.1, 0.15) is 0 Å². The molecule has 3 nitrogen and oxygen atoms in total. The molecule has 2 aromatic rings. The van der Waals surface area contributed by atoms with Crippen molar-refractivity contribution >= 4 is 38.9 Å². The summed E-state index contributed by atoms with van der Waals surface area (Å²) in [5.41, 5.74) is 0. The van der Waals surface area contributed by atoms with Crippen molar-refractivity contribution in [1.82, 2.24) is 0 Å². The molecule has 3 rings (SSSR count). The van der Waals surface area contributed by atoms with Crippen molar-refractivity contribution in [2.45, 2.75) is 0 Å². The van der Waals surface area contributed by atoms with Gasteiger partial charge < -0.3 is 12.3 Å². The Bertz CT molecular complexity index is 459. The fraction of sp³-hybridized carbons (Fsp3) is 0. The smallest absolute Gasteiger partial charge is 0.412 e. The first-order valence-electron chi connectivity index (χ1n) is 5.55. The highest BCUT2D eigenvalue weighted by atomic mass is 28.5. The molecule has 0 aromatic heterocycles. The maximum atomic E-state index is 5.97. The van der Waals surface area contributed by atoms with Crippen LogP contribution in [0.1, 0.15) is 0 Å². The summed E-state index contributed by atoms with van der Waals surface area (Å²) in [7, 11) is -2.43. The average Bonchev–Trinajstić information content (AvgIpc) is 2.50. The third kappa shape index (κ3) is 2.14. The first kappa shape index (κ1) is 12.0. The predicted octanol–water partition coefficient (Wildman–Crippen LogP) is 0.375. The van der Waals surface area contributed by atoms with Crippen LogP contribution < -0.4 is 10.4 Å². The Morgan fingerprint density at radius 3 is 1.56 bits per heavy atom. The molecular formula is C12H10O3Si3. The Morgan fingerprint density at radius 1 is 0.667 bits per heavy atom. The number of hydrogen-bond donors (Lipinski definition) is 0. The Hall–Kier alpha value is -1.03. The van der Waals surface area contributed by atoms with Gasteiger partial charge in [0.15, 0.2) is 0 Å². The molecule has 0 N–H and O–H groups in total. The summed E-state index contributed by atoms with van der Waals surface area (Å²) in [4.78, 5) is 0. The summed E-state index contributed by atoms with van der Waals surface area (Å²) < 4.78 is 17.1. The van der Waals surface area contributed by atoms with Crippen LogP contribution >= 0.6 is 0 Å². The number of benzene rings is 2. The van der Waals surface area contributed by atoms with Crippen LogP contribution in [0, 0.1) is 0 Å². The minimum absolute atomic E-state index is 0.0532. The standard InChI is InChI=1S/C12H10O3Si3/c1-3-7-11(8-4-1)18(14-16-13-17-15-18)12-9-5-2-6-10-12/h1-10H. The molecule has 0 bridgehead atoms. The number of rotatable bonds is 2. The van der Waals surface area contributed by atoms with Gasteiger partial charge in [0.25, 0.3) is 0 Å². The van der Waals surface area contributed by atoms with Crippen LogP contribution in [0.15, 0.2) is 60.7 Å². The second kappa shape index (κ2) is 5.31. The molecule has 1 heterocycles. The Balaban J connectivity index is 2.10. The van der Waals surface area contributed by atoms with E-state index in [2.05, 4.69) is 24.3 Å². The lowest BCUT2D eigenvalue weighted by atomic mass is 10.4. The zero-order valence-corrected chi connectivity index (χ0v) is 12.5. The van der Waals surface area contributed by atoms with E-state index in [0.29, 0.717) is 0 Å². The molecule has 0 atom stereocenters. The van der Waals surface area contributed by atoms with Gasteiger partial charge in [0, 0.05) is 0 Å². The first-order valence-corrected chi connectivity index (χ1v) is 9.00. The molecule has 0 amide bonds. The van der Waals surface area contributed by atoms with E-state index in [9.17, 15) is 0 Å². The van der Waals surface area contributed by atoms with Gasteiger partial charge in [0.05, 0.1) is 0 Å². The van der Waals surface area contributed by atoms with Gasteiger partial charge in [-0.25, -0.2) is 0 Å². The highest BCUT2D eigenvalue weighted by molar-refractivity contribution is 6.97. The molecule has 4 radical (unpaired) electrons. The molecule has 0 unspecified atom stereocenters. The summed E-state index contributed by atoms with van der Waals surface area (Å²) in [5, 5.41) is 2.25. The van der Waals surface area contributed by atoms with Crippen molar-refractivity contribution in [2.75, 3.05) is 0 Å². The molecule has 0 aliphatic carbocycles. The van der Waals surface area contributed by atoms with Crippen LogP contribution in [-0.4, -0.2) is 28.6 Å². The maximum absolute atomic E-state index is 5.97. The Morgan fingerprint density at radius 2 is 1.11 bits per heavy atom. The van der Waals surface area contributed by atoms with E-state index in [1.807, 2.05) is 36.4 Å². The normalized spacial score (nSPS) is 18.4. The van der Waals surface area contributed by atoms with Crippen molar-refractivity contribution in [2.24, 2.45) is 0 Å². The highest BCUT2D eigenvalue weighted by Gasteiger charge is 2.45. The van der Waals surface area contributed by atoms with Crippen LogP contribution in [0.3, 0.4) is 0 Å². The van der Waals surface area contributed by atoms with Gasteiger partial charge >= 0.3 is 28.6 Å². The molecule has 1 fully saturated rings. The molecule has 88 valence electrons. The Kier molecular flexibility index (Phi) is 3.55. The SMILES string of the molecule is c1ccc([Si]2(c3ccccc3)O[Si]O[Si]O2)cc1. The summed E-state index contributed by atoms with van der Waals surface area (Å²) in [5.74, 6) is 0. The topological polar surface area (TPSA) is 27.7 Å². The minimum Gasteiger partial charge on any atom is -0.412 e. The van der Waals surface area contributed by atoms with Gasteiger partial charge in [-0.2, -0.15) is 0 Å². The third-order valence-electron chi connectivity index (χ3n) is 2.76. The molecule has 18 heavy (non-hydrogen) atoms. The van der Waals surface area contributed by atoms with Gasteiger partial charge in [-0.15, -0.1) is 0 Å². The summed E-state index contributed by atoms with van der Waals surface area (Å²) >= 11 is 0. The second-order valence-corrected chi connectivity index (χ2v) is 8.99. The lowest BCUT2D eigenvalue weighted by Crippen LogP contribution is -2.66. The van der Waals surface area contributed by atoms with Gasteiger partial charge in [0.2, 0.25) is 0 Å². The molecule has 2 aromatic carbocycles. The van der Waals surface area contributed by atoms with E-state index in [1.54, 1.807) is 0 Å². The van der Waals surface area contributed by atoms with Crippen LogP contribution in [0.25, 0.3) is 0 Å². The monoisotopic (exact) mass is 286 g/mol. The van der Waals surface area contributed by atoms with Crippen LogP contribution in [0.5, 0.6) is 0 Å². The van der Waals surface area contributed by atoms with Crippen molar-refractivity contribution in [3.05, 3.63) is 60.7 Å². The molecule has 1 saturated heterocycles. The summed E-state index contributed by atoms with van der Waals surface area (Å²) in [6, 6.07) is 20.3. The fourth-order valence-electron chi connectivity index (χ4n) is 1.91. The van der Waals surface area contributed by atoms with E-state index in [0.717, 1.165) is 10.4 Å². The third-order valence-corrected chi connectivity index (χ3v) is 8.58. The van der Waals surface area contributed by atoms with E-state index < -0.39 is 8.56 Å². The van der Waals surface area contributed by atoms with Gasteiger partial charge in [-0.1, -0.05) is 60.7 Å². The van der Waals surface area contributed by atoms with Crippen LogP contribution in [0.4, 0.5) is 0 Å². The van der Waals surface area contributed by atoms with Crippen molar-refractivity contribution < 1.29 is 12.3 Å². The predicted molar refractivity (Wildman–Crippen MR) is 72.7 cm³/mol. The van der Waals surface area contributed by atoms with E-state index in [-0.39, 0.29) is 20.0 Å². The fourth-order valence-corrected chi connectivity index (χ4v) is 8.10.